The number of aromatic hydroxyl groups is 1. The van der Waals surface area contributed by atoms with E-state index in [9.17, 15) is 9.90 Å². The van der Waals surface area contributed by atoms with Crippen molar-refractivity contribution in [3.05, 3.63) is 23.8 Å². The predicted molar refractivity (Wildman–Crippen MR) is 63.6 cm³/mol. The molecule has 1 aliphatic heterocycles. The summed E-state index contributed by atoms with van der Waals surface area (Å²) in [6, 6.07) is 5.45. The van der Waals surface area contributed by atoms with Gasteiger partial charge < -0.3 is 10.0 Å². The van der Waals surface area contributed by atoms with Gasteiger partial charge in [-0.15, -0.1) is 0 Å². The van der Waals surface area contributed by atoms with Crippen LogP contribution in [0.15, 0.2) is 18.2 Å². The van der Waals surface area contributed by atoms with Crippen LogP contribution in [0.3, 0.4) is 0 Å². The van der Waals surface area contributed by atoms with E-state index in [1.807, 2.05) is 6.07 Å². The van der Waals surface area contributed by atoms with Crippen molar-refractivity contribution < 1.29 is 9.90 Å². The number of hydrogen-bond acceptors (Lipinski definition) is 2. The molecule has 0 bridgehead atoms. The molecule has 2 rings (SSSR count). The first-order valence-corrected chi connectivity index (χ1v) is 5.62. The SMILES string of the molecule is CC(=O)N1c2cc(O)ccc2CC(C)[C@@H]1C. The number of carbonyl (C=O) groups excluding carboxylic acids is 1. The lowest BCUT2D eigenvalue weighted by Gasteiger charge is -2.38. The number of nitrogens with zero attached hydrogens (tertiary/aromatic N) is 1. The fraction of sp³-hybridized carbons (Fsp3) is 0.462. The minimum absolute atomic E-state index is 0.0332. The van der Waals surface area contributed by atoms with Crippen LogP contribution in [0.2, 0.25) is 0 Å². The quantitative estimate of drug-likeness (QED) is 0.727. The van der Waals surface area contributed by atoms with Crippen molar-refractivity contribution >= 4 is 11.6 Å². The van der Waals surface area contributed by atoms with Gasteiger partial charge in [-0.3, -0.25) is 4.79 Å². The van der Waals surface area contributed by atoms with E-state index in [2.05, 4.69) is 13.8 Å². The first kappa shape index (κ1) is 11.0. The third kappa shape index (κ3) is 1.66. The van der Waals surface area contributed by atoms with Gasteiger partial charge in [-0.25, -0.2) is 0 Å². The molecule has 1 aromatic rings. The summed E-state index contributed by atoms with van der Waals surface area (Å²) in [6.45, 7) is 5.78. The fourth-order valence-corrected chi connectivity index (χ4v) is 2.40. The van der Waals surface area contributed by atoms with Crippen molar-refractivity contribution in [3.63, 3.8) is 0 Å². The molecule has 1 unspecified atom stereocenters. The lowest BCUT2D eigenvalue weighted by molar-refractivity contribution is -0.117. The molecule has 1 heterocycles. The van der Waals surface area contributed by atoms with Crippen molar-refractivity contribution in [2.24, 2.45) is 5.92 Å². The summed E-state index contributed by atoms with van der Waals surface area (Å²) in [6.07, 6.45) is 0.959. The van der Waals surface area contributed by atoms with Crippen molar-refractivity contribution in [1.82, 2.24) is 0 Å². The van der Waals surface area contributed by atoms with Crippen molar-refractivity contribution in [2.45, 2.75) is 33.2 Å². The van der Waals surface area contributed by atoms with Crippen LogP contribution < -0.4 is 4.90 Å². The molecule has 1 amide bonds. The summed E-state index contributed by atoms with van der Waals surface area (Å²) < 4.78 is 0. The van der Waals surface area contributed by atoms with Crippen molar-refractivity contribution in [1.29, 1.82) is 0 Å². The highest BCUT2D eigenvalue weighted by molar-refractivity contribution is 5.93. The molecule has 1 N–H and O–H groups in total. The number of fused-ring (bicyclic) bond motifs is 1. The summed E-state index contributed by atoms with van der Waals surface area (Å²) in [5.41, 5.74) is 2.00. The van der Waals surface area contributed by atoms with Crippen LogP contribution in [0.1, 0.15) is 26.3 Å². The molecule has 0 fully saturated rings. The van der Waals surface area contributed by atoms with E-state index in [-0.39, 0.29) is 17.7 Å². The van der Waals surface area contributed by atoms with Crippen LogP contribution in [-0.2, 0) is 11.2 Å². The molecule has 0 spiro atoms. The van der Waals surface area contributed by atoms with Gasteiger partial charge in [0.1, 0.15) is 5.75 Å². The molecule has 0 radical (unpaired) electrons. The molecule has 0 saturated carbocycles. The minimum Gasteiger partial charge on any atom is -0.508 e. The van der Waals surface area contributed by atoms with Crippen LogP contribution in [0.4, 0.5) is 5.69 Å². The highest BCUT2D eigenvalue weighted by Gasteiger charge is 2.31. The number of amides is 1. The first-order valence-electron chi connectivity index (χ1n) is 5.62. The van der Waals surface area contributed by atoms with E-state index in [0.29, 0.717) is 5.92 Å². The Balaban J connectivity index is 2.53. The van der Waals surface area contributed by atoms with Crippen LogP contribution in [0.25, 0.3) is 0 Å². The van der Waals surface area contributed by atoms with E-state index >= 15 is 0 Å². The molecule has 0 aromatic heterocycles. The third-order valence-corrected chi connectivity index (χ3v) is 3.44. The minimum atomic E-state index is 0.0332. The average molecular weight is 219 g/mol. The van der Waals surface area contributed by atoms with Gasteiger partial charge in [0.2, 0.25) is 5.91 Å². The molecular weight excluding hydrogens is 202 g/mol. The molecule has 1 aliphatic rings. The topological polar surface area (TPSA) is 40.5 Å². The van der Waals surface area contributed by atoms with Crippen LogP contribution in [0, 0.1) is 5.92 Å². The van der Waals surface area contributed by atoms with E-state index < -0.39 is 0 Å². The van der Waals surface area contributed by atoms with Crippen LogP contribution in [0.5, 0.6) is 5.75 Å². The van der Waals surface area contributed by atoms with Gasteiger partial charge in [-0.1, -0.05) is 13.0 Å². The molecule has 2 atom stereocenters. The zero-order valence-corrected chi connectivity index (χ0v) is 9.90. The average Bonchev–Trinajstić information content (AvgIpc) is 2.20. The molecule has 1 aromatic carbocycles. The van der Waals surface area contributed by atoms with E-state index in [0.717, 1.165) is 17.7 Å². The summed E-state index contributed by atoms with van der Waals surface area (Å²) in [5, 5.41) is 9.50. The molecule has 0 saturated heterocycles. The lowest BCUT2D eigenvalue weighted by atomic mass is 9.87. The second kappa shape index (κ2) is 3.81. The van der Waals surface area contributed by atoms with Gasteiger partial charge in [-0.05, 0) is 30.9 Å². The van der Waals surface area contributed by atoms with Gasteiger partial charge in [0, 0.05) is 19.0 Å². The maximum Gasteiger partial charge on any atom is 0.224 e. The molecule has 3 heteroatoms. The maximum atomic E-state index is 11.7. The molecular formula is C13H17NO2. The molecule has 16 heavy (non-hydrogen) atoms. The van der Waals surface area contributed by atoms with Gasteiger partial charge in [-0.2, -0.15) is 0 Å². The summed E-state index contributed by atoms with van der Waals surface area (Å²) in [5.74, 6) is 0.693. The second-order valence-electron chi connectivity index (χ2n) is 4.62. The Morgan fingerprint density at radius 1 is 1.44 bits per heavy atom. The van der Waals surface area contributed by atoms with Crippen molar-refractivity contribution in [2.75, 3.05) is 4.90 Å². The van der Waals surface area contributed by atoms with E-state index in [1.54, 1.807) is 24.0 Å². The smallest absolute Gasteiger partial charge is 0.224 e. The third-order valence-electron chi connectivity index (χ3n) is 3.44. The first-order chi connectivity index (χ1) is 7.50. The number of benzene rings is 1. The zero-order chi connectivity index (χ0) is 11.9. The number of anilines is 1. The number of phenols is 1. The number of hydrogen-bond donors (Lipinski definition) is 1. The monoisotopic (exact) mass is 219 g/mol. The highest BCUT2D eigenvalue weighted by atomic mass is 16.3. The van der Waals surface area contributed by atoms with Crippen LogP contribution >= 0.6 is 0 Å². The predicted octanol–water partition coefficient (Wildman–Crippen LogP) is 2.33. The molecule has 0 aliphatic carbocycles. The van der Waals surface area contributed by atoms with Gasteiger partial charge in [0.25, 0.3) is 0 Å². The van der Waals surface area contributed by atoms with E-state index in [1.165, 1.54) is 0 Å². The second-order valence-corrected chi connectivity index (χ2v) is 4.62. The molecule has 3 nitrogen and oxygen atoms in total. The van der Waals surface area contributed by atoms with Crippen molar-refractivity contribution in [3.8, 4) is 5.75 Å². The van der Waals surface area contributed by atoms with Gasteiger partial charge in [0.05, 0.1) is 5.69 Å². The summed E-state index contributed by atoms with van der Waals surface area (Å²) in [4.78, 5) is 13.5. The Hall–Kier alpha value is -1.51. The van der Waals surface area contributed by atoms with E-state index in [4.69, 9.17) is 0 Å². The summed E-state index contributed by atoms with van der Waals surface area (Å²) in [7, 11) is 0. The van der Waals surface area contributed by atoms with Gasteiger partial charge in [0.15, 0.2) is 0 Å². The number of rotatable bonds is 0. The highest BCUT2D eigenvalue weighted by Crippen LogP contribution is 2.35. The van der Waals surface area contributed by atoms with Crippen LogP contribution in [-0.4, -0.2) is 17.1 Å². The number of phenolic OH excluding ortho intramolecular Hbond substituents is 1. The Labute approximate surface area is 95.7 Å². The Morgan fingerprint density at radius 3 is 2.75 bits per heavy atom. The maximum absolute atomic E-state index is 11.7. The largest absolute Gasteiger partial charge is 0.508 e. The van der Waals surface area contributed by atoms with Gasteiger partial charge >= 0.3 is 0 Å². The Kier molecular flexibility index (Phi) is 2.62. The Bertz CT molecular complexity index is 428. The lowest BCUT2D eigenvalue weighted by Crippen LogP contribution is -2.45. The standard InChI is InChI=1S/C13H17NO2/c1-8-6-11-4-5-12(16)7-13(11)14(9(8)2)10(3)15/h4-5,7-9,16H,6H2,1-3H3/t8?,9-/m0/s1. The zero-order valence-electron chi connectivity index (χ0n) is 9.90. The Morgan fingerprint density at radius 2 is 2.12 bits per heavy atom. The normalized spacial score (nSPS) is 24.1. The summed E-state index contributed by atoms with van der Waals surface area (Å²) >= 11 is 0. The fourth-order valence-electron chi connectivity index (χ4n) is 2.40. The molecule has 86 valence electrons. The number of carbonyl (C=O) groups is 1.